The zero-order chi connectivity index (χ0) is 12.3. The van der Waals surface area contributed by atoms with E-state index in [-0.39, 0.29) is 0 Å². The van der Waals surface area contributed by atoms with Gasteiger partial charge < -0.3 is 5.43 Å². The molecule has 0 heterocycles. The molecule has 5 heteroatoms. The van der Waals surface area contributed by atoms with Gasteiger partial charge in [0.15, 0.2) is 0 Å². The summed E-state index contributed by atoms with van der Waals surface area (Å²) in [6.45, 7) is 0. The molecule has 1 fully saturated rings. The van der Waals surface area contributed by atoms with Crippen LogP contribution in [-0.2, 0) is 0 Å². The lowest BCUT2D eigenvalue weighted by molar-refractivity contribution is 0.701. The summed E-state index contributed by atoms with van der Waals surface area (Å²) in [5.74, 6) is 6.22. The molecule has 0 saturated heterocycles. The molecule has 0 amide bonds. The largest absolute Gasteiger partial charge is 0.308 e. The van der Waals surface area contributed by atoms with Gasteiger partial charge in [0.1, 0.15) is 5.84 Å². The molecule has 0 atom stereocenters. The van der Waals surface area contributed by atoms with E-state index in [1.807, 2.05) is 18.2 Å². The monoisotopic (exact) mass is 315 g/mol. The maximum atomic E-state index is 6.16. The van der Waals surface area contributed by atoms with Crippen LogP contribution in [0.25, 0.3) is 0 Å². The molecule has 0 aromatic heterocycles. The minimum absolute atomic E-state index is 0.371. The summed E-state index contributed by atoms with van der Waals surface area (Å²) in [5, 5.41) is 0.655. The van der Waals surface area contributed by atoms with E-state index in [1.165, 1.54) is 12.8 Å². The van der Waals surface area contributed by atoms with Crippen LogP contribution in [-0.4, -0.2) is 11.9 Å². The molecule has 17 heavy (non-hydrogen) atoms. The van der Waals surface area contributed by atoms with Crippen molar-refractivity contribution in [3.05, 3.63) is 33.3 Å². The highest BCUT2D eigenvalue weighted by molar-refractivity contribution is 9.10. The van der Waals surface area contributed by atoms with Gasteiger partial charge in [-0.25, -0.2) is 5.84 Å². The Labute approximate surface area is 115 Å². The lowest BCUT2D eigenvalue weighted by atomic mass is 10.2. The summed E-state index contributed by atoms with van der Waals surface area (Å²) in [5.41, 5.74) is 3.50. The van der Waals surface area contributed by atoms with Crippen molar-refractivity contribution in [3.8, 4) is 0 Å². The molecule has 0 bridgehead atoms. The van der Waals surface area contributed by atoms with Gasteiger partial charge in [0.2, 0.25) is 0 Å². The van der Waals surface area contributed by atoms with Crippen molar-refractivity contribution in [1.82, 2.24) is 5.43 Å². The number of rotatable bonds is 2. The molecule has 3 N–H and O–H groups in total. The fourth-order valence-electron chi connectivity index (χ4n) is 2.08. The Morgan fingerprint density at radius 1 is 1.41 bits per heavy atom. The third-order valence-electron chi connectivity index (χ3n) is 2.96. The lowest BCUT2D eigenvalue weighted by Crippen LogP contribution is -2.32. The van der Waals surface area contributed by atoms with Crippen LogP contribution < -0.4 is 11.3 Å². The van der Waals surface area contributed by atoms with Gasteiger partial charge in [0.05, 0.1) is 11.1 Å². The molecule has 3 nitrogen and oxygen atoms in total. The van der Waals surface area contributed by atoms with Crippen molar-refractivity contribution in [2.75, 3.05) is 0 Å². The quantitative estimate of drug-likeness (QED) is 0.381. The maximum Gasteiger partial charge on any atom is 0.144 e. The van der Waals surface area contributed by atoms with Crippen LogP contribution in [0.3, 0.4) is 0 Å². The molecule has 0 aliphatic heterocycles. The van der Waals surface area contributed by atoms with Crippen LogP contribution in [0.15, 0.2) is 27.7 Å². The number of nitrogens with two attached hydrogens (primary N) is 1. The zero-order valence-electron chi connectivity index (χ0n) is 9.42. The summed E-state index contributed by atoms with van der Waals surface area (Å²) in [7, 11) is 0. The van der Waals surface area contributed by atoms with Crippen LogP contribution in [0.4, 0.5) is 0 Å². The SMILES string of the molecule is NNC(=NC1CCCC1)c1cc(Br)ccc1Cl. The van der Waals surface area contributed by atoms with Crippen molar-refractivity contribution in [3.63, 3.8) is 0 Å². The number of hydrogen-bond donors (Lipinski definition) is 2. The first-order valence-electron chi connectivity index (χ1n) is 5.70. The number of hydrogen-bond acceptors (Lipinski definition) is 2. The van der Waals surface area contributed by atoms with Crippen LogP contribution in [0.5, 0.6) is 0 Å². The third kappa shape index (κ3) is 3.21. The van der Waals surface area contributed by atoms with Gasteiger partial charge in [-0.3, -0.25) is 4.99 Å². The Bertz CT molecular complexity index is 428. The fourth-order valence-corrected chi connectivity index (χ4v) is 2.65. The second-order valence-corrected chi connectivity index (χ2v) is 5.51. The summed E-state index contributed by atoms with van der Waals surface area (Å²) < 4.78 is 0.964. The number of nitrogens with zero attached hydrogens (tertiary/aromatic N) is 1. The molecule has 1 aromatic carbocycles. The summed E-state index contributed by atoms with van der Waals surface area (Å²) in [6.07, 6.45) is 4.77. The normalized spacial score (nSPS) is 17.5. The second kappa shape index (κ2) is 5.85. The number of benzene rings is 1. The highest BCUT2D eigenvalue weighted by atomic mass is 79.9. The number of aliphatic imine (C=N–C) groups is 1. The first-order valence-corrected chi connectivity index (χ1v) is 6.87. The lowest BCUT2D eigenvalue weighted by Gasteiger charge is -2.11. The van der Waals surface area contributed by atoms with Gasteiger partial charge in [-0.2, -0.15) is 0 Å². The van der Waals surface area contributed by atoms with Crippen molar-refractivity contribution >= 4 is 33.4 Å². The summed E-state index contributed by atoms with van der Waals surface area (Å²) >= 11 is 9.58. The van der Waals surface area contributed by atoms with Crippen molar-refractivity contribution in [2.24, 2.45) is 10.8 Å². The molecule has 1 aliphatic rings. The highest BCUT2D eigenvalue weighted by Crippen LogP contribution is 2.24. The van der Waals surface area contributed by atoms with Crippen molar-refractivity contribution < 1.29 is 0 Å². The Kier molecular flexibility index (Phi) is 4.42. The van der Waals surface area contributed by atoms with Gasteiger partial charge >= 0.3 is 0 Å². The Morgan fingerprint density at radius 2 is 2.12 bits per heavy atom. The Balaban J connectivity index is 2.30. The maximum absolute atomic E-state index is 6.16. The third-order valence-corrected chi connectivity index (χ3v) is 3.78. The molecule has 0 radical (unpaired) electrons. The average molecular weight is 317 g/mol. The molecular formula is C12H15BrClN3. The first kappa shape index (κ1) is 12.9. The molecule has 92 valence electrons. The molecular weight excluding hydrogens is 302 g/mol. The molecule has 0 unspecified atom stereocenters. The van der Waals surface area contributed by atoms with E-state index in [9.17, 15) is 0 Å². The second-order valence-electron chi connectivity index (χ2n) is 4.18. The zero-order valence-corrected chi connectivity index (χ0v) is 11.8. The predicted octanol–water partition coefficient (Wildman–Crippen LogP) is 3.26. The average Bonchev–Trinajstić information content (AvgIpc) is 2.82. The first-order chi connectivity index (χ1) is 8.20. The van der Waals surface area contributed by atoms with E-state index < -0.39 is 0 Å². The smallest absolute Gasteiger partial charge is 0.144 e. The van der Waals surface area contributed by atoms with E-state index in [2.05, 4.69) is 26.3 Å². The predicted molar refractivity (Wildman–Crippen MR) is 75.3 cm³/mol. The fraction of sp³-hybridized carbons (Fsp3) is 0.417. The molecule has 1 aliphatic carbocycles. The molecule has 1 aromatic rings. The Morgan fingerprint density at radius 3 is 2.76 bits per heavy atom. The summed E-state index contributed by atoms with van der Waals surface area (Å²) in [4.78, 5) is 4.64. The van der Waals surface area contributed by atoms with Crippen molar-refractivity contribution in [1.29, 1.82) is 0 Å². The van der Waals surface area contributed by atoms with Crippen LogP contribution in [0.1, 0.15) is 31.2 Å². The van der Waals surface area contributed by atoms with E-state index in [0.29, 0.717) is 16.9 Å². The van der Waals surface area contributed by atoms with Crippen LogP contribution in [0, 0.1) is 0 Å². The standard InChI is InChI=1S/C12H15BrClN3/c13-8-5-6-11(14)10(7-8)12(17-15)16-9-3-1-2-4-9/h5-7,9H,1-4,15H2,(H,16,17). The van der Waals surface area contributed by atoms with Gasteiger partial charge in [-0.05, 0) is 31.0 Å². The number of amidine groups is 1. The van der Waals surface area contributed by atoms with Gasteiger partial charge in [-0.1, -0.05) is 40.4 Å². The van der Waals surface area contributed by atoms with Crippen LogP contribution >= 0.6 is 27.5 Å². The summed E-state index contributed by atoms with van der Waals surface area (Å²) in [6, 6.07) is 6.03. The molecule has 0 spiro atoms. The van der Waals surface area contributed by atoms with Crippen molar-refractivity contribution in [2.45, 2.75) is 31.7 Å². The minimum Gasteiger partial charge on any atom is -0.308 e. The molecule has 2 rings (SSSR count). The van der Waals surface area contributed by atoms with E-state index in [1.54, 1.807) is 0 Å². The van der Waals surface area contributed by atoms with E-state index in [4.69, 9.17) is 17.4 Å². The van der Waals surface area contributed by atoms with E-state index in [0.717, 1.165) is 22.9 Å². The van der Waals surface area contributed by atoms with Gasteiger partial charge in [0, 0.05) is 10.0 Å². The molecule has 1 saturated carbocycles. The topological polar surface area (TPSA) is 50.4 Å². The minimum atomic E-state index is 0.371. The van der Waals surface area contributed by atoms with E-state index >= 15 is 0 Å². The number of nitrogens with one attached hydrogen (secondary N) is 1. The Hall–Kier alpha value is -0.580. The highest BCUT2D eigenvalue weighted by Gasteiger charge is 2.16. The van der Waals surface area contributed by atoms with Gasteiger partial charge in [-0.15, -0.1) is 0 Å². The van der Waals surface area contributed by atoms with Crippen LogP contribution in [0.2, 0.25) is 5.02 Å². The number of halogens is 2. The van der Waals surface area contributed by atoms with Gasteiger partial charge in [0.25, 0.3) is 0 Å². The number of hydrazine groups is 1.